The van der Waals surface area contributed by atoms with Crippen molar-refractivity contribution in [2.24, 2.45) is 0 Å². The Morgan fingerprint density at radius 2 is 1.81 bits per heavy atom. The van der Waals surface area contributed by atoms with Crippen LogP contribution in [0.5, 0.6) is 0 Å². The molecule has 0 unspecified atom stereocenters. The van der Waals surface area contributed by atoms with Crippen LogP contribution in [0.4, 0.5) is 0 Å². The predicted molar refractivity (Wildman–Crippen MR) is 63.7 cm³/mol. The number of allylic oxidation sites excluding steroid dienone is 1. The maximum atomic E-state index is 10.7. The monoisotopic (exact) mass is 223 g/mol. The molecule has 0 spiro atoms. The normalized spacial score (nSPS) is 10.2. The van der Waals surface area contributed by atoms with E-state index in [-0.39, 0.29) is 5.97 Å². The van der Waals surface area contributed by atoms with Crippen LogP contribution in [0.3, 0.4) is 0 Å². The van der Waals surface area contributed by atoms with Gasteiger partial charge in [-0.3, -0.25) is 0 Å². The Hall–Kier alpha value is -1.30. The molecule has 0 atom stereocenters. The van der Waals surface area contributed by atoms with Crippen molar-refractivity contribution in [2.45, 2.75) is 51.4 Å². The Morgan fingerprint density at radius 1 is 1.19 bits per heavy atom. The van der Waals surface area contributed by atoms with Crippen LogP contribution in [-0.4, -0.2) is 13.1 Å². The number of nitrogens with zero attached hydrogens (tertiary/aromatic N) is 1. The molecule has 90 valence electrons. The summed E-state index contributed by atoms with van der Waals surface area (Å²) in [6.45, 7) is 0. The number of hydrogen-bond donors (Lipinski definition) is 0. The minimum atomic E-state index is -0.281. The summed E-state index contributed by atoms with van der Waals surface area (Å²) in [4.78, 5) is 10.7. The van der Waals surface area contributed by atoms with Gasteiger partial charge in [-0.2, -0.15) is 5.26 Å². The maximum Gasteiger partial charge on any atom is 0.330 e. The van der Waals surface area contributed by atoms with E-state index >= 15 is 0 Å². The van der Waals surface area contributed by atoms with E-state index in [9.17, 15) is 4.79 Å². The first-order chi connectivity index (χ1) is 7.81. The molecular weight excluding hydrogens is 202 g/mol. The van der Waals surface area contributed by atoms with Gasteiger partial charge in [0.2, 0.25) is 0 Å². The zero-order valence-electron chi connectivity index (χ0n) is 10.1. The van der Waals surface area contributed by atoms with Crippen molar-refractivity contribution < 1.29 is 9.53 Å². The number of unbranched alkanes of at least 4 members (excludes halogenated alkanes) is 7. The summed E-state index contributed by atoms with van der Waals surface area (Å²) in [6, 6.07) is 2.15. The summed E-state index contributed by atoms with van der Waals surface area (Å²) in [5, 5.41) is 8.34. The third-order valence-electron chi connectivity index (χ3n) is 2.36. The van der Waals surface area contributed by atoms with Crippen molar-refractivity contribution in [1.29, 1.82) is 5.26 Å². The second-order valence-electron chi connectivity index (χ2n) is 3.74. The number of nitriles is 1. The number of ether oxygens (including phenoxy) is 1. The fourth-order valence-electron chi connectivity index (χ4n) is 1.42. The highest BCUT2D eigenvalue weighted by Gasteiger charge is 1.92. The number of methoxy groups -OCH3 is 1. The minimum absolute atomic E-state index is 0.281. The van der Waals surface area contributed by atoms with Crippen molar-refractivity contribution in [1.82, 2.24) is 0 Å². The molecule has 0 aromatic rings. The van der Waals surface area contributed by atoms with Crippen molar-refractivity contribution in [3.05, 3.63) is 12.2 Å². The van der Waals surface area contributed by atoms with Gasteiger partial charge in [-0.15, -0.1) is 0 Å². The van der Waals surface area contributed by atoms with E-state index in [0.29, 0.717) is 6.42 Å². The van der Waals surface area contributed by atoms with Gasteiger partial charge in [0.05, 0.1) is 13.2 Å². The van der Waals surface area contributed by atoms with Gasteiger partial charge in [0.25, 0.3) is 0 Å². The van der Waals surface area contributed by atoms with E-state index in [1.54, 1.807) is 0 Å². The summed E-state index contributed by atoms with van der Waals surface area (Å²) in [7, 11) is 1.38. The van der Waals surface area contributed by atoms with Crippen LogP contribution in [0.2, 0.25) is 0 Å². The third kappa shape index (κ3) is 10.8. The first kappa shape index (κ1) is 14.7. The van der Waals surface area contributed by atoms with Gasteiger partial charge in [-0.05, 0) is 19.3 Å². The molecule has 3 nitrogen and oxygen atoms in total. The van der Waals surface area contributed by atoms with Crippen molar-refractivity contribution >= 4 is 5.97 Å². The van der Waals surface area contributed by atoms with Crippen molar-refractivity contribution in [3.63, 3.8) is 0 Å². The number of hydrogen-bond acceptors (Lipinski definition) is 3. The van der Waals surface area contributed by atoms with E-state index in [1.807, 2.05) is 6.08 Å². The van der Waals surface area contributed by atoms with Gasteiger partial charge in [0.15, 0.2) is 0 Å². The lowest BCUT2D eigenvalue weighted by atomic mass is 10.1. The molecular formula is C13H21NO2. The lowest BCUT2D eigenvalue weighted by Crippen LogP contribution is -1.93. The second-order valence-corrected chi connectivity index (χ2v) is 3.74. The van der Waals surface area contributed by atoms with Gasteiger partial charge in [-0.25, -0.2) is 4.79 Å². The average Bonchev–Trinajstić information content (AvgIpc) is 2.31. The Morgan fingerprint density at radius 3 is 2.44 bits per heavy atom. The number of esters is 1. The molecule has 0 aliphatic rings. The minimum Gasteiger partial charge on any atom is -0.466 e. The van der Waals surface area contributed by atoms with Gasteiger partial charge in [0, 0.05) is 12.5 Å². The third-order valence-corrected chi connectivity index (χ3v) is 2.36. The number of carbonyl (C=O) groups is 1. The van der Waals surface area contributed by atoms with E-state index in [1.165, 1.54) is 32.4 Å². The Kier molecular flexibility index (Phi) is 10.8. The molecule has 0 saturated heterocycles. The van der Waals surface area contributed by atoms with Crippen LogP contribution in [-0.2, 0) is 9.53 Å². The van der Waals surface area contributed by atoms with Gasteiger partial charge < -0.3 is 4.74 Å². The highest BCUT2D eigenvalue weighted by Crippen LogP contribution is 2.08. The molecule has 0 N–H and O–H groups in total. The summed E-state index contributed by atoms with van der Waals surface area (Å²) in [5.41, 5.74) is 0. The van der Waals surface area contributed by atoms with Crippen LogP contribution in [0.25, 0.3) is 0 Å². The quantitative estimate of drug-likeness (QED) is 0.342. The average molecular weight is 223 g/mol. The van der Waals surface area contributed by atoms with E-state index < -0.39 is 0 Å². The molecule has 0 aliphatic carbocycles. The van der Waals surface area contributed by atoms with Crippen molar-refractivity contribution in [2.75, 3.05) is 7.11 Å². The standard InChI is InChI=1S/C13H21NO2/c1-16-13(15)11-9-7-5-3-2-4-6-8-10-12-14/h9,11H,2-8,10H2,1H3/b11-9+. The molecule has 0 saturated carbocycles. The molecule has 0 aromatic carbocycles. The van der Waals surface area contributed by atoms with Crippen molar-refractivity contribution in [3.8, 4) is 6.07 Å². The van der Waals surface area contributed by atoms with E-state index in [4.69, 9.17) is 5.26 Å². The Bertz CT molecular complexity index is 241. The highest BCUT2D eigenvalue weighted by atomic mass is 16.5. The topological polar surface area (TPSA) is 50.1 Å². The fourth-order valence-corrected chi connectivity index (χ4v) is 1.42. The van der Waals surface area contributed by atoms with E-state index in [2.05, 4.69) is 10.8 Å². The van der Waals surface area contributed by atoms with Gasteiger partial charge in [0.1, 0.15) is 0 Å². The lowest BCUT2D eigenvalue weighted by molar-refractivity contribution is -0.134. The fraction of sp³-hybridized carbons (Fsp3) is 0.692. The molecule has 0 amide bonds. The zero-order valence-corrected chi connectivity index (χ0v) is 10.1. The molecule has 16 heavy (non-hydrogen) atoms. The first-order valence-electron chi connectivity index (χ1n) is 5.92. The maximum absolute atomic E-state index is 10.7. The van der Waals surface area contributed by atoms with Gasteiger partial charge >= 0.3 is 5.97 Å². The smallest absolute Gasteiger partial charge is 0.330 e. The summed E-state index contributed by atoms with van der Waals surface area (Å²) in [6.07, 6.45) is 11.9. The SMILES string of the molecule is COC(=O)/C=C/CCCCCCCCC#N. The first-order valence-corrected chi connectivity index (χ1v) is 5.92. The molecule has 0 aromatic heterocycles. The predicted octanol–water partition coefficient (Wildman–Crippen LogP) is 3.36. The molecule has 0 fully saturated rings. The molecule has 0 heterocycles. The summed E-state index contributed by atoms with van der Waals surface area (Å²) >= 11 is 0. The molecule has 3 heteroatoms. The van der Waals surface area contributed by atoms with Crippen LogP contribution >= 0.6 is 0 Å². The Balaban J connectivity index is 3.13. The summed E-state index contributed by atoms with van der Waals surface area (Å²) < 4.78 is 4.48. The largest absolute Gasteiger partial charge is 0.466 e. The van der Waals surface area contributed by atoms with Crippen LogP contribution in [0, 0.1) is 11.3 Å². The van der Waals surface area contributed by atoms with Crippen LogP contribution < -0.4 is 0 Å². The van der Waals surface area contributed by atoms with Crippen LogP contribution in [0.15, 0.2) is 12.2 Å². The number of carbonyl (C=O) groups excluding carboxylic acids is 1. The zero-order chi connectivity index (χ0) is 12.1. The number of rotatable bonds is 9. The summed E-state index contributed by atoms with van der Waals surface area (Å²) in [5.74, 6) is -0.281. The van der Waals surface area contributed by atoms with Crippen LogP contribution in [0.1, 0.15) is 51.4 Å². The molecule has 0 rings (SSSR count). The van der Waals surface area contributed by atoms with E-state index in [0.717, 1.165) is 25.7 Å². The Labute approximate surface area is 98.1 Å². The van der Waals surface area contributed by atoms with Gasteiger partial charge in [-0.1, -0.05) is 31.8 Å². The highest BCUT2D eigenvalue weighted by molar-refractivity contribution is 5.81. The molecule has 0 radical (unpaired) electrons. The second kappa shape index (κ2) is 11.8. The lowest BCUT2D eigenvalue weighted by Gasteiger charge is -1.98. The molecule has 0 bridgehead atoms. The molecule has 0 aliphatic heterocycles.